The van der Waals surface area contributed by atoms with Gasteiger partial charge in [-0.15, -0.1) is 0 Å². The maximum atomic E-state index is 13.7. The largest absolute Gasteiger partial charge is 0.486 e. The fourth-order valence-electron chi connectivity index (χ4n) is 1.89. The first kappa shape index (κ1) is 14.5. The molecule has 0 unspecified atom stereocenters. The van der Waals surface area contributed by atoms with Gasteiger partial charge in [0, 0.05) is 7.05 Å². The standard InChI is InChI=1S/C14H16FN3OS/c1-3-9-7-10(18(2)17-9)8-19-12-6-4-5-11(15)13(12)14(16)20/h4-7H,3,8H2,1-2H3,(H2,16,20). The average molecular weight is 293 g/mol. The fraction of sp³-hybridized carbons (Fsp3) is 0.286. The average Bonchev–Trinajstić information content (AvgIpc) is 2.76. The van der Waals surface area contributed by atoms with Gasteiger partial charge in [0.05, 0.1) is 17.0 Å². The predicted octanol–water partition coefficient (Wildman–Crippen LogP) is 2.33. The molecule has 2 rings (SSSR count). The summed E-state index contributed by atoms with van der Waals surface area (Å²) in [7, 11) is 1.85. The Balaban J connectivity index is 2.20. The minimum absolute atomic E-state index is 0.0163. The highest BCUT2D eigenvalue weighted by atomic mass is 32.1. The molecule has 1 heterocycles. The lowest BCUT2D eigenvalue weighted by Gasteiger charge is -2.11. The van der Waals surface area contributed by atoms with E-state index in [1.807, 2.05) is 20.0 Å². The summed E-state index contributed by atoms with van der Waals surface area (Å²) in [5.41, 5.74) is 7.56. The zero-order valence-corrected chi connectivity index (χ0v) is 12.2. The summed E-state index contributed by atoms with van der Waals surface area (Å²) in [6, 6.07) is 6.47. The van der Waals surface area contributed by atoms with Gasteiger partial charge in [-0.25, -0.2) is 4.39 Å². The summed E-state index contributed by atoms with van der Waals surface area (Å²) in [4.78, 5) is -0.0163. The molecule has 0 saturated heterocycles. The molecule has 1 aromatic carbocycles. The Labute approximate surface area is 122 Å². The molecule has 0 aliphatic rings. The second-order valence-electron chi connectivity index (χ2n) is 4.37. The molecule has 0 amide bonds. The number of nitrogens with two attached hydrogens (primary N) is 1. The van der Waals surface area contributed by atoms with Crippen LogP contribution in [-0.4, -0.2) is 14.8 Å². The lowest BCUT2D eigenvalue weighted by atomic mass is 10.2. The van der Waals surface area contributed by atoms with E-state index in [1.165, 1.54) is 6.07 Å². The van der Waals surface area contributed by atoms with Crippen molar-refractivity contribution >= 4 is 17.2 Å². The number of aryl methyl sites for hydroxylation is 2. The highest BCUT2D eigenvalue weighted by Crippen LogP contribution is 2.22. The van der Waals surface area contributed by atoms with Gasteiger partial charge in [-0.3, -0.25) is 4.68 Å². The van der Waals surface area contributed by atoms with Crippen LogP contribution in [0.2, 0.25) is 0 Å². The Morgan fingerprint density at radius 1 is 1.50 bits per heavy atom. The van der Waals surface area contributed by atoms with Gasteiger partial charge in [-0.05, 0) is 24.6 Å². The molecule has 6 heteroatoms. The van der Waals surface area contributed by atoms with Gasteiger partial charge in [0.15, 0.2) is 0 Å². The van der Waals surface area contributed by atoms with E-state index in [-0.39, 0.29) is 17.2 Å². The van der Waals surface area contributed by atoms with E-state index in [0.717, 1.165) is 17.8 Å². The van der Waals surface area contributed by atoms with Crippen LogP contribution >= 0.6 is 12.2 Å². The van der Waals surface area contributed by atoms with E-state index in [1.54, 1.807) is 16.8 Å². The van der Waals surface area contributed by atoms with Gasteiger partial charge in [0.1, 0.15) is 23.2 Å². The molecule has 0 radical (unpaired) electrons. The van der Waals surface area contributed by atoms with E-state index in [9.17, 15) is 4.39 Å². The lowest BCUT2D eigenvalue weighted by molar-refractivity contribution is 0.293. The fourth-order valence-corrected chi connectivity index (χ4v) is 2.09. The van der Waals surface area contributed by atoms with Gasteiger partial charge in [-0.1, -0.05) is 25.2 Å². The van der Waals surface area contributed by atoms with Crippen LogP contribution in [0, 0.1) is 5.82 Å². The number of ether oxygens (including phenoxy) is 1. The van der Waals surface area contributed by atoms with E-state index in [2.05, 4.69) is 5.10 Å². The second-order valence-corrected chi connectivity index (χ2v) is 4.81. The third-order valence-electron chi connectivity index (χ3n) is 2.99. The van der Waals surface area contributed by atoms with Crippen LogP contribution in [0.1, 0.15) is 23.9 Å². The van der Waals surface area contributed by atoms with Crippen LogP contribution in [0.25, 0.3) is 0 Å². The Morgan fingerprint density at radius 2 is 2.25 bits per heavy atom. The van der Waals surface area contributed by atoms with Crippen molar-refractivity contribution in [1.82, 2.24) is 9.78 Å². The zero-order chi connectivity index (χ0) is 14.7. The molecule has 0 fully saturated rings. The third-order valence-corrected chi connectivity index (χ3v) is 3.19. The Kier molecular flexibility index (Phi) is 4.34. The molecule has 0 spiro atoms. The minimum Gasteiger partial charge on any atom is -0.486 e. The molecule has 2 N–H and O–H groups in total. The molecule has 2 aromatic rings. The molecular formula is C14H16FN3OS. The van der Waals surface area contributed by atoms with Crippen molar-refractivity contribution < 1.29 is 9.13 Å². The summed E-state index contributed by atoms with van der Waals surface area (Å²) in [5.74, 6) is -0.133. The van der Waals surface area contributed by atoms with E-state index in [4.69, 9.17) is 22.7 Å². The Hall–Kier alpha value is -1.95. The zero-order valence-electron chi connectivity index (χ0n) is 11.4. The maximum Gasteiger partial charge on any atom is 0.137 e. The van der Waals surface area contributed by atoms with Gasteiger partial charge in [0.25, 0.3) is 0 Å². The summed E-state index contributed by atoms with van der Waals surface area (Å²) in [6.45, 7) is 2.31. The third kappa shape index (κ3) is 2.96. The number of hydrogen-bond acceptors (Lipinski definition) is 3. The van der Waals surface area contributed by atoms with E-state index >= 15 is 0 Å². The maximum absolute atomic E-state index is 13.7. The minimum atomic E-state index is -0.478. The van der Waals surface area contributed by atoms with Crippen LogP contribution in [0.15, 0.2) is 24.3 Å². The molecule has 0 atom stereocenters. The van der Waals surface area contributed by atoms with Crippen molar-refractivity contribution in [3.8, 4) is 5.75 Å². The van der Waals surface area contributed by atoms with E-state index in [0.29, 0.717) is 5.75 Å². The summed E-state index contributed by atoms with van der Waals surface area (Å²) < 4.78 is 21.1. The Bertz CT molecular complexity index is 639. The van der Waals surface area contributed by atoms with Crippen LogP contribution in [0.3, 0.4) is 0 Å². The molecule has 1 aromatic heterocycles. The van der Waals surface area contributed by atoms with Crippen molar-refractivity contribution in [2.24, 2.45) is 12.8 Å². The molecule has 0 bridgehead atoms. The van der Waals surface area contributed by atoms with Gasteiger partial charge in [-0.2, -0.15) is 5.10 Å². The van der Waals surface area contributed by atoms with Crippen LogP contribution in [0.5, 0.6) is 5.75 Å². The topological polar surface area (TPSA) is 53.1 Å². The number of aromatic nitrogens is 2. The lowest BCUT2D eigenvalue weighted by Crippen LogP contribution is -2.14. The predicted molar refractivity (Wildman–Crippen MR) is 79.2 cm³/mol. The van der Waals surface area contributed by atoms with Gasteiger partial charge in [0.2, 0.25) is 0 Å². The highest BCUT2D eigenvalue weighted by Gasteiger charge is 2.13. The van der Waals surface area contributed by atoms with E-state index < -0.39 is 5.82 Å². The van der Waals surface area contributed by atoms with Crippen molar-refractivity contribution in [3.05, 3.63) is 47.0 Å². The summed E-state index contributed by atoms with van der Waals surface area (Å²) >= 11 is 4.86. The number of rotatable bonds is 5. The molecule has 0 saturated carbocycles. The molecule has 0 aliphatic heterocycles. The van der Waals surface area contributed by atoms with Crippen molar-refractivity contribution in [2.75, 3.05) is 0 Å². The molecule has 4 nitrogen and oxygen atoms in total. The van der Waals surface area contributed by atoms with Crippen LogP contribution < -0.4 is 10.5 Å². The van der Waals surface area contributed by atoms with Crippen molar-refractivity contribution in [2.45, 2.75) is 20.0 Å². The molecule has 20 heavy (non-hydrogen) atoms. The number of benzene rings is 1. The first-order valence-electron chi connectivity index (χ1n) is 6.25. The molecular weight excluding hydrogens is 277 g/mol. The second kappa shape index (κ2) is 6.00. The molecule has 106 valence electrons. The van der Waals surface area contributed by atoms with Crippen LogP contribution in [0.4, 0.5) is 4.39 Å². The van der Waals surface area contributed by atoms with Gasteiger partial charge < -0.3 is 10.5 Å². The normalized spacial score (nSPS) is 10.6. The monoisotopic (exact) mass is 293 g/mol. The first-order valence-corrected chi connectivity index (χ1v) is 6.66. The first-order chi connectivity index (χ1) is 9.52. The summed E-state index contributed by atoms with van der Waals surface area (Å²) in [6.07, 6.45) is 0.853. The quantitative estimate of drug-likeness (QED) is 0.860. The highest BCUT2D eigenvalue weighted by molar-refractivity contribution is 7.80. The number of hydrogen-bond donors (Lipinski definition) is 1. The SMILES string of the molecule is CCc1cc(COc2cccc(F)c2C(N)=S)n(C)n1. The Morgan fingerprint density at radius 3 is 2.85 bits per heavy atom. The van der Waals surface area contributed by atoms with Crippen LogP contribution in [-0.2, 0) is 20.1 Å². The van der Waals surface area contributed by atoms with Crippen molar-refractivity contribution in [1.29, 1.82) is 0 Å². The van der Waals surface area contributed by atoms with Gasteiger partial charge >= 0.3 is 0 Å². The summed E-state index contributed by atoms with van der Waals surface area (Å²) in [5, 5.41) is 4.33. The smallest absolute Gasteiger partial charge is 0.137 e. The molecule has 0 aliphatic carbocycles. The van der Waals surface area contributed by atoms with Crippen molar-refractivity contribution in [3.63, 3.8) is 0 Å². The number of thiocarbonyl (C=S) groups is 1. The number of nitrogens with zero attached hydrogens (tertiary/aromatic N) is 2. The number of halogens is 1.